The van der Waals surface area contributed by atoms with E-state index >= 15 is 0 Å². The predicted octanol–water partition coefficient (Wildman–Crippen LogP) is 2.51. The lowest BCUT2D eigenvalue weighted by Crippen LogP contribution is -2.14. The van der Waals surface area contributed by atoms with Crippen molar-refractivity contribution in [1.82, 2.24) is 4.98 Å². The summed E-state index contributed by atoms with van der Waals surface area (Å²) in [6.07, 6.45) is -4.50. The van der Waals surface area contributed by atoms with Gasteiger partial charge in [-0.05, 0) is 6.07 Å². The van der Waals surface area contributed by atoms with Crippen LogP contribution in [0.25, 0.3) is 0 Å². The Hall–Kier alpha value is -1.73. The SMILES string of the molecule is O=Cc1c(OC(F)F)ccnc1C(F)(F)F. The molecule has 8 heteroatoms. The fourth-order valence-corrected chi connectivity index (χ4v) is 0.994. The van der Waals surface area contributed by atoms with Crippen LogP contribution in [-0.4, -0.2) is 17.9 Å². The highest BCUT2D eigenvalue weighted by atomic mass is 19.4. The first-order valence-electron chi connectivity index (χ1n) is 3.82. The third kappa shape index (κ3) is 2.65. The van der Waals surface area contributed by atoms with Crippen LogP contribution >= 0.6 is 0 Å². The lowest BCUT2D eigenvalue weighted by atomic mass is 10.2. The summed E-state index contributed by atoms with van der Waals surface area (Å²) in [4.78, 5) is 13.3. The van der Waals surface area contributed by atoms with Gasteiger partial charge in [-0.15, -0.1) is 0 Å². The number of hydrogen-bond acceptors (Lipinski definition) is 3. The maximum absolute atomic E-state index is 12.3. The topological polar surface area (TPSA) is 39.2 Å². The third-order valence-corrected chi connectivity index (χ3v) is 1.55. The summed E-state index contributed by atoms with van der Waals surface area (Å²) in [7, 11) is 0. The Morgan fingerprint density at radius 3 is 2.44 bits per heavy atom. The maximum Gasteiger partial charge on any atom is 0.434 e. The molecule has 3 nitrogen and oxygen atoms in total. The first-order valence-corrected chi connectivity index (χ1v) is 3.82. The van der Waals surface area contributed by atoms with Crippen molar-refractivity contribution in [3.63, 3.8) is 0 Å². The number of carbonyl (C=O) groups excluding carboxylic acids is 1. The molecule has 0 unspecified atom stereocenters. The molecule has 0 spiro atoms. The first-order chi connectivity index (χ1) is 7.36. The second-order valence-corrected chi connectivity index (χ2v) is 2.57. The minimum Gasteiger partial charge on any atom is -0.434 e. The van der Waals surface area contributed by atoms with Crippen molar-refractivity contribution in [3.05, 3.63) is 23.5 Å². The van der Waals surface area contributed by atoms with E-state index in [1.54, 1.807) is 0 Å². The van der Waals surface area contributed by atoms with Gasteiger partial charge in [-0.3, -0.25) is 9.78 Å². The Morgan fingerprint density at radius 1 is 1.38 bits per heavy atom. The molecule has 1 rings (SSSR count). The highest BCUT2D eigenvalue weighted by molar-refractivity contribution is 5.81. The van der Waals surface area contributed by atoms with E-state index in [1.165, 1.54) is 0 Å². The summed E-state index contributed by atoms with van der Waals surface area (Å²) < 4.78 is 64.3. The van der Waals surface area contributed by atoms with Crippen LogP contribution in [0, 0.1) is 0 Å². The smallest absolute Gasteiger partial charge is 0.434 e. The fraction of sp³-hybridized carbons (Fsp3) is 0.250. The van der Waals surface area contributed by atoms with Gasteiger partial charge in [0.2, 0.25) is 0 Å². The zero-order valence-corrected chi connectivity index (χ0v) is 7.46. The van der Waals surface area contributed by atoms with Crippen LogP contribution in [-0.2, 0) is 6.18 Å². The average molecular weight is 241 g/mol. The van der Waals surface area contributed by atoms with Crippen LogP contribution in [0.1, 0.15) is 16.1 Å². The van der Waals surface area contributed by atoms with Crippen LogP contribution in [0.4, 0.5) is 22.0 Å². The van der Waals surface area contributed by atoms with E-state index < -0.39 is 29.8 Å². The molecule has 88 valence electrons. The molecule has 0 aromatic carbocycles. The molecule has 0 aliphatic carbocycles. The monoisotopic (exact) mass is 241 g/mol. The molecule has 1 aromatic heterocycles. The van der Waals surface area contributed by atoms with Crippen LogP contribution in [0.2, 0.25) is 0 Å². The van der Waals surface area contributed by atoms with Gasteiger partial charge in [0.15, 0.2) is 12.0 Å². The lowest BCUT2D eigenvalue weighted by Gasteiger charge is -2.11. The van der Waals surface area contributed by atoms with Gasteiger partial charge >= 0.3 is 12.8 Å². The van der Waals surface area contributed by atoms with E-state index in [9.17, 15) is 26.7 Å². The van der Waals surface area contributed by atoms with Crippen molar-refractivity contribution in [3.8, 4) is 5.75 Å². The normalized spacial score (nSPS) is 11.6. The number of aromatic nitrogens is 1. The summed E-state index contributed by atoms with van der Waals surface area (Å²) in [5.41, 5.74) is -2.60. The van der Waals surface area contributed by atoms with Gasteiger partial charge < -0.3 is 4.74 Å². The second kappa shape index (κ2) is 4.42. The molecule has 0 radical (unpaired) electrons. The molecule has 0 amide bonds. The van der Waals surface area contributed by atoms with Crippen LogP contribution in [0.3, 0.4) is 0 Å². The van der Waals surface area contributed by atoms with Crippen LogP contribution in [0.5, 0.6) is 5.75 Å². The number of aldehydes is 1. The largest absolute Gasteiger partial charge is 0.434 e. The van der Waals surface area contributed by atoms with Crippen molar-refractivity contribution >= 4 is 6.29 Å². The van der Waals surface area contributed by atoms with E-state index in [1.807, 2.05) is 0 Å². The van der Waals surface area contributed by atoms with Gasteiger partial charge in [0.25, 0.3) is 0 Å². The summed E-state index contributed by atoms with van der Waals surface area (Å²) in [5, 5.41) is 0. The summed E-state index contributed by atoms with van der Waals surface area (Å²) >= 11 is 0. The molecule has 0 bridgehead atoms. The molecule has 0 atom stereocenters. The number of halogens is 5. The van der Waals surface area contributed by atoms with Crippen molar-refractivity contribution in [1.29, 1.82) is 0 Å². The predicted molar refractivity (Wildman–Crippen MR) is 41.3 cm³/mol. The highest BCUT2D eigenvalue weighted by Gasteiger charge is 2.36. The number of hydrogen-bond donors (Lipinski definition) is 0. The van der Waals surface area contributed by atoms with E-state index in [-0.39, 0.29) is 6.29 Å². The van der Waals surface area contributed by atoms with Gasteiger partial charge in [-0.25, -0.2) is 0 Å². The fourth-order valence-electron chi connectivity index (χ4n) is 0.994. The van der Waals surface area contributed by atoms with Gasteiger partial charge in [0.05, 0.1) is 5.56 Å². The number of pyridine rings is 1. The number of alkyl halides is 5. The molecule has 0 N–H and O–H groups in total. The summed E-state index contributed by atoms with van der Waals surface area (Å²) in [5.74, 6) is -0.854. The number of rotatable bonds is 3. The molecule has 0 saturated heterocycles. The Labute approximate surface area is 85.8 Å². The first kappa shape index (κ1) is 12.3. The minimum atomic E-state index is -4.91. The molecule has 0 aliphatic rings. The molecule has 0 aliphatic heterocycles. The van der Waals surface area contributed by atoms with Crippen molar-refractivity contribution < 1.29 is 31.5 Å². The average Bonchev–Trinajstić information content (AvgIpc) is 2.15. The molecular formula is C8H4F5NO2. The van der Waals surface area contributed by atoms with Gasteiger partial charge in [-0.1, -0.05) is 0 Å². The standard InChI is InChI=1S/C8H4F5NO2/c9-7(10)16-5-1-2-14-6(4(5)3-15)8(11,12)13/h1-3,7H. The second-order valence-electron chi connectivity index (χ2n) is 2.57. The van der Waals surface area contributed by atoms with Crippen molar-refractivity contribution in [2.45, 2.75) is 12.8 Å². The Balaban J connectivity index is 3.26. The van der Waals surface area contributed by atoms with Crippen molar-refractivity contribution in [2.24, 2.45) is 0 Å². The Kier molecular flexibility index (Phi) is 3.41. The van der Waals surface area contributed by atoms with Crippen molar-refractivity contribution in [2.75, 3.05) is 0 Å². The van der Waals surface area contributed by atoms with Crippen LogP contribution < -0.4 is 4.74 Å². The van der Waals surface area contributed by atoms with Gasteiger partial charge in [0, 0.05) is 6.20 Å². The Bertz CT molecular complexity index is 391. The van der Waals surface area contributed by atoms with Gasteiger partial charge in [-0.2, -0.15) is 22.0 Å². The van der Waals surface area contributed by atoms with Crippen LogP contribution in [0.15, 0.2) is 12.3 Å². The molecule has 1 aromatic rings. The zero-order chi connectivity index (χ0) is 12.3. The third-order valence-electron chi connectivity index (χ3n) is 1.55. The van der Waals surface area contributed by atoms with E-state index in [0.29, 0.717) is 6.20 Å². The molecule has 16 heavy (non-hydrogen) atoms. The highest BCUT2D eigenvalue weighted by Crippen LogP contribution is 2.33. The zero-order valence-electron chi connectivity index (χ0n) is 7.46. The van der Waals surface area contributed by atoms with E-state index in [2.05, 4.69) is 9.72 Å². The Morgan fingerprint density at radius 2 is 2.00 bits per heavy atom. The molecule has 1 heterocycles. The van der Waals surface area contributed by atoms with E-state index in [4.69, 9.17) is 0 Å². The molecule has 0 saturated carbocycles. The lowest BCUT2D eigenvalue weighted by molar-refractivity contribution is -0.141. The van der Waals surface area contributed by atoms with E-state index in [0.717, 1.165) is 6.07 Å². The summed E-state index contributed by atoms with van der Waals surface area (Å²) in [6, 6.07) is 0.755. The minimum absolute atomic E-state index is 0.229. The summed E-state index contributed by atoms with van der Waals surface area (Å²) in [6.45, 7) is -3.32. The molecular weight excluding hydrogens is 237 g/mol. The number of carbonyl (C=O) groups is 1. The van der Waals surface area contributed by atoms with Gasteiger partial charge in [0.1, 0.15) is 5.75 Å². The maximum atomic E-state index is 12.3. The number of ether oxygens (including phenoxy) is 1. The quantitative estimate of drug-likeness (QED) is 0.602. The molecule has 0 fully saturated rings. The number of nitrogens with zero attached hydrogens (tertiary/aromatic N) is 1.